The summed E-state index contributed by atoms with van der Waals surface area (Å²) in [7, 11) is 1.39. The molecule has 5 nitrogen and oxygen atoms in total. The summed E-state index contributed by atoms with van der Waals surface area (Å²) in [4.78, 5) is 14.0. The molecule has 1 aromatic rings. The van der Waals surface area contributed by atoms with Gasteiger partial charge in [0.1, 0.15) is 11.3 Å². The van der Waals surface area contributed by atoms with Gasteiger partial charge in [0.05, 0.1) is 19.9 Å². The van der Waals surface area contributed by atoms with Crippen LogP contribution in [0.5, 0.6) is 0 Å². The third kappa shape index (κ3) is 2.47. The molecule has 1 saturated carbocycles. The Bertz CT molecular complexity index is 485. The maximum atomic E-state index is 11.7. The van der Waals surface area contributed by atoms with E-state index in [4.69, 9.17) is 14.9 Å². The van der Waals surface area contributed by atoms with Gasteiger partial charge in [0, 0.05) is 19.1 Å². The predicted octanol–water partition coefficient (Wildman–Crippen LogP) is 1.63. The van der Waals surface area contributed by atoms with Gasteiger partial charge < -0.3 is 14.9 Å². The fraction of sp³-hybridized carbons (Fsp3) is 0.667. The second-order valence-electron chi connectivity index (χ2n) is 5.96. The number of esters is 1. The zero-order valence-corrected chi connectivity index (χ0v) is 11.9. The number of carbonyl (C=O) groups excluding carboxylic acids is 1. The third-order valence-electron chi connectivity index (χ3n) is 4.75. The van der Waals surface area contributed by atoms with Crippen LogP contribution in [-0.4, -0.2) is 37.1 Å². The molecule has 2 N–H and O–H groups in total. The number of fused-ring (bicyclic) bond motifs is 1. The van der Waals surface area contributed by atoms with Crippen LogP contribution in [0, 0.1) is 11.8 Å². The van der Waals surface area contributed by atoms with Gasteiger partial charge in [-0.2, -0.15) is 0 Å². The minimum Gasteiger partial charge on any atom is -0.467 e. The molecular weight excluding hydrogens is 256 g/mol. The maximum Gasteiger partial charge on any atom is 0.341 e. The summed E-state index contributed by atoms with van der Waals surface area (Å²) in [5.41, 5.74) is 6.76. The maximum absolute atomic E-state index is 11.7. The molecule has 0 amide bonds. The number of nitrogens with zero attached hydrogens (tertiary/aromatic N) is 1. The van der Waals surface area contributed by atoms with Crippen molar-refractivity contribution in [3.05, 3.63) is 23.7 Å². The van der Waals surface area contributed by atoms with E-state index < -0.39 is 0 Å². The van der Waals surface area contributed by atoms with Gasteiger partial charge >= 0.3 is 5.97 Å². The van der Waals surface area contributed by atoms with Gasteiger partial charge in [0.2, 0.25) is 0 Å². The van der Waals surface area contributed by atoms with Crippen LogP contribution in [0.4, 0.5) is 0 Å². The highest BCUT2D eigenvalue weighted by Crippen LogP contribution is 2.36. The fourth-order valence-corrected chi connectivity index (χ4v) is 3.70. The van der Waals surface area contributed by atoms with Gasteiger partial charge in [0.25, 0.3) is 0 Å². The highest BCUT2D eigenvalue weighted by Gasteiger charge is 2.39. The largest absolute Gasteiger partial charge is 0.467 e. The van der Waals surface area contributed by atoms with Gasteiger partial charge in [-0.1, -0.05) is 6.42 Å². The van der Waals surface area contributed by atoms with Crippen LogP contribution in [0.3, 0.4) is 0 Å². The summed E-state index contributed by atoms with van der Waals surface area (Å²) in [6, 6.07) is 2.01. The number of ether oxygens (including phenoxy) is 1. The number of furan rings is 1. The van der Waals surface area contributed by atoms with Crippen molar-refractivity contribution in [1.29, 1.82) is 0 Å². The number of carbonyl (C=O) groups is 1. The lowest BCUT2D eigenvalue weighted by molar-refractivity contribution is 0.0596. The molecule has 2 aliphatic rings. The molecule has 3 rings (SSSR count). The summed E-state index contributed by atoms with van der Waals surface area (Å²) in [6.07, 6.45) is 5.21. The normalized spacial score (nSPS) is 30.2. The number of rotatable bonds is 3. The average molecular weight is 278 g/mol. The SMILES string of the molecule is COC(=O)c1ccoc1CN1CC2CCCC(N)C2C1. The first-order valence-corrected chi connectivity index (χ1v) is 7.31. The molecule has 20 heavy (non-hydrogen) atoms. The molecule has 3 atom stereocenters. The number of nitrogens with two attached hydrogens (primary N) is 1. The van der Waals surface area contributed by atoms with Crippen molar-refractivity contribution in [3.63, 3.8) is 0 Å². The van der Waals surface area contributed by atoms with Crippen LogP contribution < -0.4 is 5.73 Å². The van der Waals surface area contributed by atoms with Crippen molar-refractivity contribution in [2.24, 2.45) is 17.6 Å². The Morgan fingerprint density at radius 3 is 3.10 bits per heavy atom. The molecule has 1 saturated heterocycles. The highest BCUT2D eigenvalue weighted by atomic mass is 16.5. The average Bonchev–Trinajstić information content (AvgIpc) is 3.05. The Morgan fingerprint density at radius 2 is 2.35 bits per heavy atom. The molecular formula is C15H22N2O3. The lowest BCUT2D eigenvalue weighted by Gasteiger charge is -2.29. The van der Waals surface area contributed by atoms with Gasteiger partial charge in [-0.05, 0) is 30.7 Å². The summed E-state index contributed by atoms with van der Waals surface area (Å²) in [5, 5.41) is 0. The third-order valence-corrected chi connectivity index (χ3v) is 4.75. The molecule has 3 unspecified atom stereocenters. The van der Waals surface area contributed by atoms with Crippen LogP contribution in [0.2, 0.25) is 0 Å². The van der Waals surface area contributed by atoms with Gasteiger partial charge in [-0.15, -0.1) is 0 Å². The van der Waals surface area contributed by atoms with Crippen LogP contribution in [0.15, 0.2) is 16.7 Å². The molecule has 2 heterocycles. The van der Waals surface area contributed by atoms with Crippen LogP contribution in [0.1, 0.15) is 35.4 Å². The minimum absolute atomic E-state index is 0.329. The van der Waals surface area contributed by atoms with Crippen molar-refractivity contribution < 1.29 is 13.9 Å². The first kappa shape index (κ1) is 13.6. The molecule has 1 aliphatic heterocycles. The van der Waals surface area contributed by atoms with E-state index in [1.165, 1.54) is 20.0 Å². The topological polar surface area (TPSA) is 68.7 Å². The molecule has 5 heteroatoms. The standard InChI is InChI=1S/C15H22N2O3/c1-19-15(18)11-5-6-20-14(11)9-17-7-10-3-2-4-13(16)12(10)8-17/h5-6,10,12-13H,2-4,7-9,16H2,1H3. The molecule has 0 aromatic carbocycles. The van der Waals surface area contributed by atoms with E-state index in [0.29, 0.717) is 35.7 Å². The van der Waals surface area contributed by atoms with Crippen molar-refractivity contribution in [2.45, 2.75) is 31.8 Å². The van der Waals surface area contributed by atoms with Crippen LogP contribution >= 0.6 is 0 Å². The van der Waals surface area contributed by atoms with Gasteiger partial charge in [0.15, 0.2) is 0 Å². The Hall–Kier alpha value is -1.33. The number of hydrogen-bond donors (Lipinski definition) is 1. The molecule has 0 spiro atoms. The molecule has 110 valence electrons. The predicted molar refractivity (Wildman–Crippen MR) is 74.1 cm³/mol. The van der Waals surface area contributed by atoms with Crippen molar-refractivity contribution in [1.82, 2.24) is 4.90 Å². The van der Waals surface area contributed by atoms with Crippen LogP contribution in [-0.2, 0) is 11.3 Å². The first-order chi connectivity index (χ1) is 9.69. The molecule has 0 radical (unpaired) electrons. The Labute approximate surface area is 119 Å². The minimum atomic E-state index is -0.331. The summed E-state index contributed by atoms with van der Waals surface area (Å²) < 4.78 is 10.2. The first-order valence-electron chi connectivity index (χ1n) is 7.31. The molecule has 2 fully saturated rings. The lowest BCUT2D eigenvalue weighted by Crippen LogP contribution is -2.38. The number of methoxy groups -OCH3 is 1. The van der Waals surface area contributed by atoms with Crippen molar-refractivity contribution in [3.8, 4) is 0 Å². The molecule has 1 aromatic heterocycles. The van der Waals surface area contributed by atoms with Crippen molar-refractivity contribution in [2.75, 3.05) is 20.2 Å². The Kier molecular flexibility index (Phi) is 3.81. The van der Waals surface area contributed by atoms with Gasteiger partial charge in [-0.3, -0.25) is 4.90 Å². The molecule has 0 bridgehead atoms. The van der Waals surface area contributed by atoms with Crippen LogP contribution in [0.25, 0.3) is 0 Å². The van der Waals surface area contributed by atoms with E-state index in [1.54, 1.807) is 12.3 Å². The van der Waals surface area contributed by atoms with E-state index in [0.717, 1.165) is 19.5 Å². The van der Waals surface area contributed by atoms with E-state index in [-0.39, 0.29) is 5.97 Å². The van der Waals surface area contributed by atoms with Crippen molar-refractivity contribution >= 4 is 5.97 Å². The highest BCUT2D eigenvalue weighted by molar-refractivity contribution is 5.90. The smallest absolute Gasteiger partial charge is 0.341 e. The van der Waals surface area contributed by atoms with Gasteiger partial charge in [-0.25, -0.2) is 4.79 Å². The summed E-state index contributed by atoms with van der Waals surface area (Å²) in [5.74, 6) is 1.67. The quantitative estimate of drug-likeness (QED) is 0.851. The zero-order chi connectivity index (χ0) is 14.1. The second kappa shape index (κ2) is 5.58. The zero-order valence-electron chi connectivity index (χ0n) is 11.9. The summed E-state index contributed by atoms with van der Waals surface area (Å²) >= 11 is 0. The fourth-order valence-electron chi connectivity index (χ4n) is 3.70. The summed E-state index contributed by atoms with van der Waals surface area (Å²) in [6.45, 7) is 2.73. The van der Waals surface area contributed by atoms with E-state index in [9.17, 15) is 4.79 Å². The Balaban J connectivity index is 1.67. The monoisotopic (exact) mass is 278 g/mol. The number of likely N-dealkylation sites (tertiary alicyclic amines) is 1. The van der Waals surface area contributed by atoms with E-state index in [2.05, 4.69) is 4.90 Å². The second-order valence-corrected chi connectivity index (χ2v) is 5.96. The number of hydrogen-bond acceptors (Lipinski definition) is 5. The lowest BCUT2D eigenvalue weighted by atomic mass is 9.78. The van der Waals surface area contributed by atoms with E-state index in [1.807, 2.05) is 0 Å². The Morgan fingerprint density at radius 1 is 1.50 bits per heavy atom. The molecule has 1 aliphatic carbocycles. The van der Waals surface area contributed by atoms with E-state index >= 15 is 0 Å².